The Morgan fingerprint density at radius 1 is 1.37 bits per heavy atom. The number of benzene rings is 1. The first-order valence-electron chi connectivity index (χ1n) is 6.75. The molecule has 0 unspecified atom stereocenters. The molecule has 0 heterocycles. The first kappa shape index (κ1) is 15.8. The molecule has 0 saturated carbocycles. The van der Waals surface area contributed by atoms with Crippen molar-refractivity contribution in [1.82, 2.24) is 5.32 Å². The van der Waals surface area contributed by atoms with Crippen LogP contribution in [0.25, 0.3) is 0 Å². The predicted molar refractivity (Wildman–Crippen MR) is 78.8 cm³/mol. The smallest absolute Gasteiger partial charge is 0.223 e. The molecule has 0 fully saturated rings. The van der Waals surface area contributed by atoms with Gasteiger partial charge >= 0.3 is 0 Å². The van der Waals surface area contributed by atoms with Crippen molar-refractivity contribution in [2.75, 3.05) is 13.2 Å². The number of hydrogen-bond donors (Lipinski definition) is 1. The van der Waals surface area contributed by atoms with Crippen molar-refractivity contribution in [2.45, 2.75) is 33.6 Å². The molecular weight excluding hydrogens is 262 g/mol. The lowest BCUT2D eigenvalue weighted by Crippen LogP contribution is -2.33. The summed E-state index contributed by atoms with van der Waals surface area (Å²) >= 11 is 5.87. The fourth-order valence-corrected chi connectivity index (χ4v) is 2.14. The SMILES string of the molecule is CCC(CC)C(=O)NCCOc1ccc(Cl)cc1C. The second-order valence-electron chi connectivity index (χ2n) is 4.56. The molecular formula is C15H22ClNO2. The molecule has 0 atom stereocenters. The van der Waals surface area contributed by atoms with E-state index in [1.807, 2.05) is 32.9 Å². The zero-order valence-corrected chi connectivity index (χ0v) is 12.6. The van der Waals surface area contributed by atoms with Gasteiger partial charge < -0.3 is 10.1 Å². The zero-order chi connectivity index (χ0) is 14.3. The van der Waals surface area contributed by atoms with Gasteiger partial charge in [-0.2, -0.15) is 0 Å². The molecule has 0 spiro atoms. The van der Waals surface area contributed by atoms with Crippen molar-refractivity contribution in [1.29, 1.82) is 0 Å². The van der Waals surface area contributed by atoms with E-state index in [4.69, 9.17) is 16.3 Å². The Labute approximate surface area is 120 Å². The van der Waals surface area contributed by atoms with Gasteiger partial charge in [0.15, 0.2) is 0 Å². The van der Waals surface area contributed by atoms with Gasteiger partial charge in [-0.1, -0.05) is 25.4 Å². The maximum absolute atomic E-state index is 11.7. The Morgan fingerprint density at radius 3 is 2.63 bits per heavy atom. The third kappa shape index (κ3) is 5.11. The van der Waals surface area contributed by atoms with Crippen molar-refractivity contribution in [3.63, 3.8) is 0 Å². The van der Waals surface area contributed by atoms with E-state index in [1.54, 1.807) is 6.07 Å². The maximum Gasteiger partial charge on any atom is 0.223 e. The third-order valence-corrected chi connectivity index (χ3v) is 3.39. The van der Waals surface area contributed by atoms with Crippen molar-refractivity contribution in [3.8, 4) is 5.75 Å². The van der Waals surface area contributed by atoms with Crippen molar-refractivity contribution in [2.24, 2.45) is 5.92 Å². The molecule has 3 nitrogen and oxygen atoms in total. The normalized spacial score (nSPS) is 10.6. The molecule has 4 heteroatoms. The first-order chi connectivity index (χ1) is 9.08. The van der Waals surface area contributed by atoms with Gasteiger partial charge in [-0.3, -0.25) is 4.79 Å². The number of halogens is 1. The molecule has 1 aromatic rings. The Morgan fingerprint density at radius 2 is 2.05 bits per heavy atom. The van der Waals surface area contributed by atoms with E-state index in [-0.39, 0.29) is 11.8 Å². The number of amides is 1. The summed E-state index contributed by atoms with van der Waals surface area (Å²) in [5.41, 5.74) is 0.999. The lowest BCUT2D eigenvalue weighted by atomic mass is 10.0. The monoisotopic (exact) mass is 283 g/mol. The summed E-state index contributed by atoms with van der Waals surface area (Å²) in [6.45, 7) is 7.00. The second kappa shape index (κ2) is 8.05. The van der Waals surface area contributed by atoms with Crippen LogP contribution >= 0.6 is 11.6 Å². The van der Waals surface area contributed by atoms with Gasteiger partial charge in [0.25, 0.3) is 0 Å². The van der Waals surface area contributed by atoms with Crippen LogP contribution in [0.4, 0.5) is 0 Å². The van der Waals surface area contributed by atoms with Gasteiger partial charge in [0.05, 0.1) is 6.54 Å². The van der Waals surface area contributed by atoms with Crippen LogP contribution < -0.4 is 10.1 Å². The minimum absolute atomic E-state index is 0.109. The molecule has 0 aliphatic heterocycles. The molecule has 19 heavy (non-hydrogen) atoms. The van der Waals surface area contributed by atoms with Crippen LogP contribution in [0.3, 0.4) is 0 Å². The molecule has 0 aliphatic carbocycles. The maximum atomic E-state index is 11.7. The molecule has 0 bridgehead atoms. The average molecular weight is 284 g/mol. The van der Waals surface area contributed by atoms with Crippen LogP contribution in [-0.4, -0.2) is 19.1 Å². The summed E-state index contributed by atoms with van der Waals surface area (Å²) < 4.78 is 5.62. The summed E-state index contributed by atoms with van der Waals surface area (Å²) in [4.78, 5) is 11.7. The molecule has 0 aliphatic rings. The molecule has 1 amide bonds. The lowest BCUT2D eigenvalue weighted by molar-refractivity contribution is -0.125. The van der Waals surface area contributed by atoms with Crippen LogP contribution in [0.2, 0.25) is 5.02 Å². The van der Waals surface area contributed by atoms with Gasteiger partial charge in [0, 0.05) is 10.9 Å². The number of carbonyl (C=O) groups is 1. The number of nitrogens with one attached hydrogen (secondary N) is 1. The van der Waals surface area contributed by atoms with Crippen molar-refractivity contribution < 1.29 is 9.53 Å². The number of rotatable bonds is 7. The van der Waals surface area contributed by atoms with Gasteiger partial charge in [-0.15, -0.1) is 0 Å². The van der Waals surface area contributed by atoms with E-state index in [0.29, 0.717) is 18.2 Å². The summed E-state index contributed by atoms with van der Waals surface area (Å²) in [5, 5.41) is 3.60. The summed E-state index contributed by atoms with van der Waals surface area (Å²) in [6, 6.07) is 5.51. The summed E-state index contributed by atoms with van der Waals surface area (Å²) in [5.74, 6) is 1.03. The summed E-state index contributed by atoms with van der Waals surface area (Å²) in [7, 11) is 0. The Kier molecular flexibility index (Phi) is 6.71. The van der Waals surface area contributed by atoms with Crippen LogP contribution in [-0.2, 0) is 4.79 Å². The highest BCUT2D eigenvalue weighted by Gasteiger charge is 2.12. The first-order valence-corrected chi connectivity index (χ1v) is 7.12. The zero-order valence-electron chi connectivity index (χ0n) is 11.8. The highest BCUT2D eigenvalue weighted by atomic mass is 35.5. The standard InChI is InChI=1S/C15H22ClNO2/c1-4-12(5-2)15(18)17-8-9-19-14-7-6-13(16)10-11(14)3/h6-7,10,12H,4-5,8-9H2,1-3H3,(H,17,18). The minimum atomic E-state index is 0.109. The highest BCUT2D eigenvalue weighted by Crippen LogP contribution is 2.21. The fraction of sp³-hybridized carbons (Fsp3) is 0.533. The minimum Gasteiger partial charge on any atom is -0.491 e. The third-order valence-electron chi connectivity index (χ3n) is 3.15. The van der Waals surface area contributed by atoms with Gasteiger partial charge in [0.1, 0.15) is 12.4 Å². The molecule has 0 saturated heterocycles. The lowest BCUT2D eigenvalue weighted by Gasteiger charge is -2.13. The van der Waals surface area contributed by atoms with E-state index in [0.717, 1.165) is 24.2 Å². The van der Waals surface area contributed by atoms with Crippen LogP contribution in [0, 0.1) is 12.8 Å². The largest absolute Gasteiger partial charge is 0.491 e. The van der Waals surface area contributed by atoms with Crippen molar-refractivity contribution >= 4 is 17.5 Å². The van der Waals surface area contributed by atoms with Gasteiger partial charge in [0.2, 0.25) is 5.91 Å². The summed E-state index contributed by atoms with van der Waals surface area (Å²) in [6.07, 6.45) is 1.75. The number of carbonyl (C=O) groups excluding carboxylic acids is 1. The Hall–Kier alpha value is -1.22. The van der Waals surface area contributed by atoms with E-state index in [1.165, 1.54) is 0 Å². The van der Waals surface area contributed by atoms with Crippen molar-refractivity contribution in [3.05, 3.63) is 28.8 Å². The molecule has 1 N–H and O–H groups in total. The fourth-order valence-electron chi connectivity index (χ4n) is 1.91. The topological polar surface area (TPSA) is 38.3 Å². The van der Waals surface area contributed by atoms with Crippen LogP contribution in [0.15, 0.2) is 18.2 Å². The van der Waals surface area contributed by atoms with Crippen LogP contribution in [0.5, 0.6) is 5.75 Å². The number of hydrogen-bond acceptors (Lipinski definition) is 2. The average Bonchev–Trinajstić information content (AvgIpc) is 2.38. The number of aryl methyl sites for hydroxylation is 1. The van der Waals surface area contributed by atoms with E-state index in [2.05, 4.69) is 5.32 Å². The van der Waals surface area contributed by atoms with Gasteiger partial charge in [-0.05, 0) is 43.5 Å². The molecule has 0 radical (unpaired) electrons. The molecule has 1 rings (SSSR count). The second-order valence-corrected chi connectivity index (χ2v) is 5.00. The molecule has 106 valence electrons. The highest BCUT2D eigenvalue weighted by molar-refractivity contribution is 6.30. The van der Waals surface area contributed by atoms with E-state index < -0.39 is 0 Å². The van der Waals surface area contributed by atoms with E-state index in [9.17, 15) is 4.79 Å². The van der Waals surface area contributed by atoms with Crippen LogP contribution in [0.1, 0.15) is 32.3 Å². The Balaban J connectivity index is 2.33. The van der Waals surface area contributed by atoms with E-state index >= 15 is 0 Å². The predicted octanol–water partition coefficient (Wildman–Crippen LogP) is 3.58. The molecule has 0 aromatic heterocycles. The number of ether oxygens (including phenoxy) is 1. The quantitative estimate of drug-likeness (QED) is 0.777. The van der Waals surface area contributed by atoms with Gasteiger partial charge in [-0.25, -0.2) is 0 Å². The Bertz CT molecular complexity index is 417. The molecule has 1 aromatic carbocycles.